The minimum absolute atomic E-state index is 0. The van der Waals surface area contributed by atoms with Crippen LogP contribution in [0.1, 0.15) is 25.2 Å². The van der Waals surface area contributed by atoms with E-state index in [0.717, 1.165) is 69.8 Å². The van der Waals surface area contributed by atoms with Crippen molar-refractivity contribution in [1.82, 2.24) is 15.0 Å². The number of rotatable bonds is 8. The van der Waals surface area contributed by atoms with E-state index >= 15 is 0 Å². The molecule has 1 saturated heterocycles. The second kappa shape index (κ2) is 11.8. The number of guanidine groups is 1. The maximum absolute atomic E-state index is 6.01. The summed E-state index contributed by atoms with van der Waals surface area (Å²) in [5.41, 5.74) is 6.93. The molecule has 154 valence electrons. The molecule has 2 N–H and O–H groups in total. The van der Waals surface area contributed by atoms with Gasteiger partial charge in [-0.1, -0.05) is 11.6 Å². The molecule has 0 amide bonds. The molecule has 0 radical (unpaired) electrons. The van der Waals surface area contributed by atoms with E-state index < -0.39 is 0 Å². The summed E-state index contributed by atoms with van der Waals surface area (Å²) >= 11 is 0. The zero-order valence-electron chi connectivity index (χ0n) is 16.2. The maximum Gasteiger partial charge on any atom is 0.226 e. The number of hydrogen-bond donors (Lipinski definition) is 1. The van der Waals surface area contributed by atoms with E-state index in [9.17, 15) is 0 Å². The standard InChI is InChI=1S/C19H27N5O3.HI/c1-25-16-8-6-15(7-9-16)18-22-17(27-23-18)5-3-2-4-10-21-19(20)24-11-13-26-14-12-24;/h6-9H,2-5,10-14H2,1H3,(H2,20,21);1H. The molecule has 2 aromatic rings. The van der Waals surface area contributed by atoms with Crippen LogP contribution < -0.4 is 10.5 Å². The number of aryl methyl sites for hydroxylation is 1. The van der Waals surface area contributed by atoms with Gasteiger partial charge in [0.15, 0.2) is 5.96 Å². The molecule has 0 aliphatic carbocycles. The van der Waals surface area contributed by atoms with Crippen molar-refractivity contribution in [2.75, 3.05) is 40.0 Å². The summed E-state index contributed by atoms with van der Waals surface area (Å²) in [4.78, 5) is 11.0. The number of morpholine rings is 1. The zero-order valence-corrected chi connectivity index (χ0v) is 18.5. The molecule has 1 fully saturated rings. The van der Waals surface area contributed by atoms with Crippen molar-refractivity contribution in [3.05, 3.63) is 30.2 Å². The highest BCUT2D eigenvalue weighted by Crippen LogP contribution is 2.20. The minimum Gasteiger partial charge on any atom is -0.497 e. The fourth-order valence-electron chi connectivity index (χ4n) is 2.86. The number of methoxy groups -OCH3 is 1. The highest BCUT2D eigenvalue weighted by Gasteiger charge is 2.12. The molecule has 0 saturated carbocycles. The van der Waals surface area contributed by atoms with Crippen LogP contribution in [-0.4, -0.2) is 61.0 Å². The summed E-state index contributed by atoms with van der Waals surface area (Å²) in [6.45, 7) is 3.83. The molecule has 0 bridgehead atoms. The average Bonchev–Trinajstić information content (AvgIpc) is 3.20. The van der Waals surface area contributed by atoms with Crippen molar-refractivity contribution in [3.8, 4) is 17.1 Å². The molecule has 2 heterocycles. The third-order valence-corrected chi connectivity index (χ3v) is 4.47. The van der Waals surface area contributed by atoms with Gasteiger partial charge in [0.2, 0.25) is 11.7 Å². The molecule has 9 heteroatoms. The lowest BCUT2D eigenvalue weighted by Crippen LogP contribution is -2.44. The number of nitrogens with two attached hydrogens (primary N) is 1. The predicted molar refractivity (Wildman–Crippen MR) is 118 cm³/mol. The van der Waals surface area contributed by atoms with E-state index in [2.05, 4.69) is 20.0 Å². The van der Waals surface area contributed by atoms with Gasteiger partial charge < -0.3 is 24.6 Å². The maximum atomic E-state index is 6.01. The Labute approximate surface area is 182 Å². The average molecular weight is 501 g/mol. The monoisotopic (exact) mass is 501 g/mol. The Morgan fingerprint density at radius 1 is 1.18 bits per heavy atom. The Bertz CT molecular complexity index is 729. The summed E-state index contributed by atoms with van der Waals surface area (Å²) in [5, 5.41) is 4.05. The van der Waals surface area contributed by atoms with Crippen molar-refractivity contribution in [2.24, 2.45) is 10.7 Å². The van der Waals surface area contributed by atoms with Crippen LogP contribution in [0, 0.1) is 0 Å². The molecular formula is C19H28IN5O3. The quantitative estimate of drug-likeness (QED) is 0.257. The number of halogens is 1. The molecule has 0 unspecified atom stereocenters. The predicted octanol–water partition coefficient (Wildman–Crippen LogP) is 2.72. The first-order valence-corrected chi connectivity index (χ1v) is 9.36. The molecular weight excluding hydrogens is 473 g/mol. The summed E-state index contributed by atoms with van der Waals surface area (Å²) in [6.07, 6.45) is 3.79. The van der Waals surface area contributed by atoms with Crippen molar-refractivity contribution < 1.29 is 14.0 Å². The first-order valence-electron chi connectivity index (χ1n) is 9.36. The van der Waals surface area contributed by atoms with Crippen LogP contribution in [0.25, 0.3) is 11.4 Å². The third-order valence-electron chi connectivity index (χ3n) is 4.47. The van der Waals surface area contributed by atoms with Gasteiger partial charge in [0.25, 0.3) is 0 Å². The second-order valence-corrected chi connectivity index (χ2v) is 6.39. The van der Waals surface area contributed by atoms with Crippen molar-refractivity contribution in [2.45, 2.75) is 25.7 Å². The Morgan fingerprint density at radius 2 is 1.93 bits per heavy atom. The first-order chi connectivity index (χ1) is 13.3. The van der Waals surface area contributed by atoms with Gasteiger partial charge in [-0.05, 0) is 37.1 Å². The molecule has 28 heavy (non-hydrogen) atoms. The Hall–Kier alpha value is -1.88. The second-order valence-electron chi connectivity index (χ2n) is 6.39. The number of unbranched alkanes of at least 4 members (excludes halogenated alkanes) is 2. The summed E-state index contributed by atoms with van der Waals surface area (Å²) in [6, 6.07) is 7.61. The minimum atomic E-state index is 0. The smallest absolute Gasteiger partial charge is 0.226 e. The summed E-state index contributed by atoms with van der Waals surface area (Å²) in [5.74, 6) is 2.70. The van der Waals surface area contributed by atoms with E-state index in [1.165, 1.54) is 0 Å². The molecule has 1 aromatic carbocycles. The van der Waals surface area contributed by atoms with Crippen LogP contribution in [0.2, 0.25) is 0 Å². The first kappa shape index (κ1) is 22.4. The number of ether oxygens (including phenoxy) is 2. The number of nitrogens with zero attached hydrogens (tertiary/aromatic N) is 4. The fourth-order valence-corrected chi connectivity index (χ4v) is 2.86. The lowest BCUT2D eigenvalue weighted by Gasteiger charge is -2.27. The van der Waals surface area contributed by atoms with Gasteiger partial charge in [-0.15, -0.1) is 24.0 Å². The third kappa shape index (κ3) is 6.62. The topological polar surface area (TPSA) is 99.0 Å². The van der Waals surface area contributed by atoms with Gasteiger partial charge in [0.1, 0.15) is 5.75 Å². The lowest BCUT2D eigenvalue weighted by atomic mass is 10.2. The van der Waals surface area contributed by atoms with E-state index in [4.69, 9.17) is 19.7 Å². The highest BCUT2D eigenvalue weighted by atomic mass is 127. The molecule has 1 aliphatic rings. The van der Waals surface area contributed by atoms with Crippen LogP contribution in [0.5, 0.6) is 5.75 Å². The molecule has 0 atom stereocenters. The lowest BCUT2D eigenvalue weighted by molar-refractivity contribution is 0.0674. The fraction of sp³-hybridized carbons (Fsp3) is 0.526. The molecule has 1 aromatic heterocycles. The van der Waals surface area contributed by atoms with E-state index in [-0.39, 0.29) is 24.0 Å². The van der Waals surface area contributed by atoms with E-state index in [0.29, 0.717) is 17.7 Å². The van der Waals surface area contributed by atoms with Crippen LogP contribution in [0.3, 0.4) is 0 Å². The van der Waals surface area contributed by atoms with Crippen molar-refractivity contribution in [1.29, 1.82) is 0 Å². The molecule has 3 rings (SSSR count). The number of hydrogen-bond acceptors (Lipinski definition) is 6. The van der Waals surface area contributed by atoms with Crippen LogP contribution >= 0.6 is 24.0 Å². The SMILES string of the molecule is COc1ccc(-c2noc(CCCCCN=C(N)N3CCOCC3)n2)cc1.I. The van der Waals surface area contributed by atoms with Crippen molar-refractivity contribution in [3.63, 3.8) is 0 Å². The van der Waals surface area contributed by atoms with Gasteiger partial charge in [-0.3, -0.25) is 4.99 Å². The number of aromatic nitrogens is 2. The van der Waals surface area contributed by atoms with E-state index in [1.807, 2.05) is 24.3 Å². The van der Waals surface area contributed by atoms with Gasteiger partial charge in [0, 0.05) is 31.6 Å². The molecule has 0 spiro atoms. The van der Waals surface area contributed by atoms with Crippen LogP contribution in [0.15, 0.2) is 33.8 Å². The van der Waals surface area contributed by atoms with Crippen LogP contribution in [0.4, 0.5) is 0 Å². The normalized spacial score (nSPS) is 14.6. The summed E-state index contributed by atoms with van der Waals surface area (Å²) in [7, 11) is 1.64. The Balaban J connectivity index is 0.00000280. The number of aliphatic imine (C=N–C) groups is 1. The Morgan fingerprint density at radius 3 is 2.64 bits per heavy atom. The van der Waals surface area contributed by atoms with Crippen molar-refractivity contribution >= 4 is 29.9 Å². The van der Waals surface area contributed by atoms with Gasteiger partial charge in [-0.25, -0.2) is 0 Å². The summed E-state index contributed by atoms with van der Waals surface area (Å²) < 4.78 is 15.8. The number of benzene rings is 1. The zero-order chi connectivity index (χ0) is 18.9. The van der Waals surface area contributed by atoms with Gasteiger partial charge in [0.05, 0.1) is 20.3 Å². The van der Waals surface area contributed by atoms with Gasteiger partial charge in [-0.2, -0.15) is 4.98 Å². The largest absolute Gasteiger partial charge is 0.497 e. The van der Waals surface area contributed by atoms with Crippen LogP contribution in [-0.2, 0) is 11.2 Å². The Kier molecular flexibility index (Phi) is 9.48. The van der Waals surface area contributed by atoms with E-state index in [1.54, 1.807) is 7.11 Å². The van der Waals surface area contributed by atoms with Gasteiger partial charge >= 0.3 is 0 Å². The molecule has 8 nitrogen and oxygen atoms in total. The highest BCUT2D eigenvalue weighted by molar-refractivity contribution is 14.0. The molecule has 1 aliphatic heterocycles.